The van der Waals surface area contributed by atoms with Gasteiger partial charge in [0.05, 0.1) is 5.52 Å². The molecule has 1 aromatic carbocycles. The van der Waals surface area contributed by atoms with Crippen LogP contribution in [0.25, 0.3) is 10.9 Å². The number of nitrogens with zero attached hydrogens (tertiary/aromatic N) is 1. The highest BCUT2D eigenvalue weighted by Gasteiger charge is 2.20. The molecule has 0 bridgehead atoms. The van der Waals surface area contributed by atoms with Crippen molar-refractivity contribution in [3.63, 3.8) is 0 Å². The van der Waals surface area contributed by atoms with Crippen LogP contribution in [0.4, 0.5) is 0 Å². The third-order valence-electron chi connectivity index (χ3n) is 4.90. The van der Waals surface area contributed by atoms with Crippen molar-refractivity contribution in [2.24, 2.45) is 11.7 Å². The topological polar surface area (TPSA) is 38.9 Å². The van der Waals surface area contributed by atoms with Gasteiger partial charge in [-0.25, -0.2) is 0 Å². The standard InChI is InChI=1S/C19H26N2/c1-14-9-10-16-13-17(11-12-18(16)21-14)19(20)15-7-5-3-2-4-6-8-15/h9-13,15,19H,2-8,20H2,1H3. The Labute approximate surface area is 127 Å². The Balaban J connectivity index is 1.82. The zero-order valence-electron chi connectivity index (χ0n) is 13.0. The minimum atomic E-state index is 0.175. The Bertz CT molecular complexity index is 598. The van der Waals surface area contributed by atoms with E-state index in [9.17, 15) is 0 Å². The monoisotopic (exact) mass is 282 g/mol. The van der Waals surface area contributed by atoms with Crippen LogP contribution < -0.4 is 5.73 Å². The first-order valence-corrected chi connectivity index (χ1v) is 8.37. The van der Waals surface area contributed by atoms with E-state index in [-0.39, 0.29) is 6.04 Å². The minimum absolute atomic E-state index is 0.175. The molecule has 21 heavy (non-hydrogen) atoms. The van der Waals surface area contributed by atoms with E-state index in [4.69, 9.17) is 5.73 Å². The fraction of sp³-hybridized carbons (Fsp3) is 0.526. The van der Waals surface area contributed by atoms with E-state index in [1.807, 2.05) is 6.92 Å². The van der Waals surface area contributed by atoms with Gasteiger partial charge in [-0.2, -0.15) is 0 Å². The first-order chi connectivity index (χ1) is 10.2. The molecular weight excluding hydrogens is 256 g/mol. The highest BCUT2D eigenvalue weighted by Crippen LogP contribution is 2.32. The highest BCUT2D eigenvalue weighted by atomic mass is 14.7. The molecule has 3 rings (SSSR count). The molecule has 0 spiro atoms. The fourth-order valence-electron chi connectivity index (χ4n) is 3.57. The Hall–Kier alpha value is -1.41. The van der Waals surface area contributed by atoms with Gasteiger partial charge >= 0.3 is 0 Å². The van der Waals surface area contributed by atoms with Crippen LogP contribution in [0.15, 0.2) is 30.3 Å². The zero-order chi connectivity index (χ0) is 14.7. The molecule has 1 aromatic heterocycles. The van der Waals surface area contributed by atoms with Crippen molar-refractivity contribution in [1.82, 2.24) is 4.98 Å². The van der Waals surface area contributed by atoms with Gasteiger partial charge in [-0.1, -0.05) is 44.2 Å². The van der Waals surface area contributed by atoms with E-state index >= 15 is 0 Å². The first kappa shape index (κ1) is 14.5. The lowest BCUT2D eigenvalue weighted by Gasteiger charge is -2.26. The van der Waals surface area contributed by atoms with Crippen LogP contribution in [0.2, 0.25) is 0 Å². The van der Waals surface area contributed by atoms with Gasteiger partial charge in [0.1, 0.15) is 0 Å². The maximum absolute atomic E-state index is 6.59. The molecule has 1 aliphatic carbocycles. The Morgan fingerprint density at radius 3 is 2.48 bits per heavy atom. The lowest BCUT2D eigenvalue weighted by molar-refractivity contribution is 0.328. The van der Waals surface area contributed by atoms with Gasteiger partial charge in [-0.15, -0.1) is 0 Å². The quantitative estimate of drug-likeness (QED) is 0.850. The predicted octanol–water partition coefficient (Wildman–Crippen LogP) is 4.90. The second-order valence-electron chi connectivity index (χ2n) is 6.54. The van der Waals surface area contributed by atoms with Gasteiger partial charge in [0.15, 0.2) is 0 Å². The molecule has 2 heteroatoms. The van der Waals surface area contributed by atoms with Gasteiger partial charge in [0, 0.05) is 17.1 Å². The van der Waals surface area contributed by atoms with Crippen molar-refractivity contribution >= 4 is 10.9 Å². The molecule has 112 valence electrons. The smallest absolute Gasteiger partial charge is 0.0705 e. The molecule has 2 N–H and O–H groups in total. The van der Waals surface area contributed by atoms with Gasteiger partial charge in [0.2, 0.25) is 0 Å². The fourth-order valence-corrected chi connectivity index (χ4v) is 3.57. The van der Waals surface area contributed by atoms with Crippen LogP contribution in [0.5, 0.6) is 0 Å². The number of nitrogens with two attached hydrogens (primary N) is 1. The van der Waals surface area contributed by atoms with Crippen LogP contribution in [0.3, 0.4) is 0 Å². The molecule has 0 radical (unpaired) electrons. The first-order valence-electron chi connectivity index (χ1n) is 8.37. The van der Waals surface area contributed by atoms with Crippen LogP contribution in [-0.2, 0) is 0 Å². The summed E-state index contributed by atoms with van der Waals surface area (Å²) in [6, 6.07) is 11.0. The number of benzene rings is 1. The Morgan fingerprint density at radius 2 is 1.71 bits per heavy atom. The second-order valence-corrected chi connectivity index (χ2v) is 6.54. The molecule has 1 saturated carbocycles. The molecule has 1 atom stereocenters. The zero-order valence-corrected chi connectivity index (χ0v) is 13.0. The molecule has 1 heterocycles. The largest absolute Gasteiger partial charge is 0.324 e. The maximum Gasteiger partial charge on any atom is 0.0705 e. The van der Waals surface area contributed by atoms with E-state index < -0.39 is 0 Å². The molecule has 0 aliphatic heterocycles. The third-order valence-corrected chi connectivity index (χ3v) is 4.90. The van der Waals surface area contributed by atoms with Gasteiger partial charge in [0.25, 0.3) is 0 Å². The summed E-state index contributed by atoms with van der Waals surface area (Å²) in [4.78, 5) is 4.58. The maximum atomic E-state index is 6.59. The average Bonchev–Trinajstić information content (AvgIpc) is 2.46. The van der Waals surface area contributed by atoms with Crippen molar-refractivity contribution in [1.29, 1.82) is 0 Å². The molecular formula is C19H26N2. The van der Waals surface area contributed by atoms with Crippen LogP contribution in [-0.4, -0.2) is 4.98 Å². The summed E-state index contributed by atoms with van der Waals surface area (Å²) in [5.41, 5.74) is 10.0. The van der Waals surface area contributed by atoms with Crippen molar-refractivity contribution in [3.8, 4) is 0 Å². The molecule has 1 fully saturated rings. The van der Waals surface area contributed by atoms with Gasteiger partial charge < -0.3 is 5.73 Å². The number of hydrogen-bond donors (Lipinski definition) is 1. The van der Waals surface area contributed by atoms with Crippen LogP contribution in [0, 0.1) is 12.8 Å². The third kappa shape index (κ3) is 3.44. The van der Waals surface area contributed by atoms with Gasteiger partial charge in [-0.3, -0.25) is 4.98 Å². The highest BCUT2D eigenvalue weighted by molar-refractivity contribution is 5.79. The lowest BCUT2D eigenvalue weighted by atomic mass is 9.83. The minimum Gasteiger partial charge on any atom is -0.324 e. The summed E-state index contributed by atoms with van der Waals surface area (Å²) >= 11 is 0. The summed E-state index contributed by atoms with van der Waals surface area (Å²) in [5, 5.41) is 1.21. The molecule has 2 aromatic rings. The van der Waals surface area contributed by atoms with Crippen LogP contribution >= 0.6 is 0 Å². The number of aromatic nitrogens is 1. The number of fused-ring (bicyclic) bond motifs is 1. The van der Waals surface area contributed by atoms with Crippen LogP contribution in [0.1, 0.15) is 62.2 Å². The number of hydrogen-bond acceptors (Lipinski definition) is 2. The summed E-state index contributed by atoms with van der Waals surface area (Å²) in [6.07, 6.45) is 9.41. The summed E-state index contributed by atoms with van der Waals surface area (Å²) < 4.78 is 0. The second kappa shape index (κ2) is 6.57. The number of pyridine rings is 1. The van der Waals surface area contributed by atoms with Crippen molar-refractivity contribution in [2.45, 2.75) is 57.9 Å². The molecule has 0 saturated heterocycles. The van der Waals surface area contributed by atoms with E-state index in [0.29, 0.717) is 5.92 Å². The van der Waals surface area contributed by atoms with E-state index in [0.717, 1.165) is 11.2 Å². The summed E-state index contributed by atoms with van der Waals surface area (Å²) in [6.45, 7) is 2.04. The molecule has 2 nitrogen and oxygen atoms in total. The Morgan fingerprint density at radius 1 is 1.00 bits per heavy atom. The SMILES string of the molecule is Cc1ccc2cc(C(N)C3CCCCCCC3)ccc2n1. The Kier molecular flexibility index (Phi) is 4.54. The van der Waals surface area contributed by atoms with Crippen molar-refractivity contribution in [3.05, 3.63) is 41.6 Å². The van der Waals surface area contributed by atoms with E-state index in [1.54, 1.807) is 0 Å². The van der Waals surface area contributed by atoms with Gasteiger partial charge in [-0.05, 0) is 49.4 Å². The van der Waals surface area contributed by atoms with E-state index in [1.165, 1.54) is 55.9 Å². The average molecular weight is 282 g/mol. The normalized spacial score (nSPS) is 19.1. The number of rotatable bonds is 2. The lowest BCUT2D eigenvalue weighted by Crippen LogP contribution is -2.22. The summed E-state index contributed by atoms with van der Waals surface area (Å²) in [7, 11) is 0. The van der Waals surface area contributed by atoms with E-state index in [2.05, 4.69) is 35.3 Å². The predicted molar refractivity (Wildman–Crippen MR) is 89.2 cm³/mol. The summed E-state index contributed by atoms with van der Waals surface area (Å²) in [5.74, 6) is 0.640. The molecule has 0 amide bonds. The van der Waals surface area contributed by atoms with Crippen molar-refractivity contribution < 1.29 is 0 Å². The van der Waals surface area contributed by atoms with Crippen molar-refractivity contribution in [2.75, 3.05) is 0 Å². The number of aryl methyl sites for hydroxylation is 1. The molecule has 1 aliphatic rings. The molecule has 1 unspecified atom stereocenters.